The fourth-order valence-electron chi connectivity index (χ4n) is 1.34. The van der Waals surface area contributed by atoms with E-state index < -0.39 is 7.82 Å². The van der Waals surface area contributed by atoms with Crippen molar-refractivity contribution in [2.45, 2.75) is 51.4 Å². The molecule has 0 fully saturated rings. The lowest BCUT2D eigenvalue weighted by Crippen LogP contribution is -1.94. The normalized spacial score (nSPS) is 11.1. The summed E-state index contributed by atoms with van der Waals surface area (Å²) >= 11 is 16.4. The van der Waals surface area contributed by atoms with E-state index in [0.29, 0.717) is 6.61 Å². The summed E-state index contributed by atoms with van der Waals surface area (Å²) in [6.45, 7) is 0.599. The first-order valence-electron chi connectivity index (χ1n) is 7.18. The predicted octanol–water partition coefficient (Wildman–Crippen LogP) is 6.34. The summed E-state index contributed by atoms with van der Waals surface area (Å²) in [6.07, 6.45) is 8.55. The van der Waals surface area contributed by atoms with Crippen LogP contribution in [-0.4, -0.2) is 29.0 Å². The van der Waals surface area contributed by atoms with Crippen molar-refractivity contribution in [2.75, 3.05) is 23.9 Å². The Morgan fingerprint density at radius 2 is 1.27 bits per heavy atom. The van der Waals surface area contributed by atoms with E-state index in [0.717, 1.165) is 42.8 Å². The van der Waals surface area contributed by atoms with E-state index >= 15 is 0 Å². The number of hydrogen-bond donors (Lipinski definition) is 1. The Hall–Kier alpha value is 1.61. The highest BCUT2D eigenvalue weighted by Crippen LogP contribution is 2.51. The third-order valence-electron chi connectivity index (χ3n) is 2.49. The van der Waals surface area contributed by atoms with Crippen molar-refractivity contribution in [3.05, 3.63) is 0 Å². The van der Waals surface area contributed by atoms with Crippen molar-refractivity contribution in [1.29, 1.82) is 0 Å². The van der Waals surface area contributed by atoms with Crippen LogP contribution < -0.4 is 0 Å². The average molecular weight is 511 g/mol. The number of unbranched alkanes of at least 4 members (excludes halogenated alkanes) is 6. The van der Waals surface area contributed by atoms with Gasteiger partial charge in [0.1, 0.15) is 0 Å². The Morgan fingerprint density at radius 3 is 1.68 bits per heavy atom. The van der Waals surface area contributed by atoms with E-state index in [1.165, 1.54) is 19.3 Å². The molecule has 0 bridgehead atoms. The quantitative estimate of drug-likeness (QED) is 0.168. The standard InChI is InChI=1S/C6H12BrCl2O4P.C6H13BrO/c7-5-3-1-2-4-6-11-14(10,12-8)13-9;7-5-3-1-2-4-6-8/h1-6H2;8H,1-6H2. The van der Waals surface area contributed by atoms with Crippen LogP contribution in [0, 0.1) is 0 Å². The molecule has 0 rings (SSSR count). The fraction of sp³-hybridized carbons (Fsp3) is 1.00. The van der Waals surface area contributed by atoms with Gasteiger partial charge in [-0.2, -0.15) is 8.15 Å². The first-order valence-corrected chi connectivity index (χ1v) is 11.5. The molecule has 22 heavy (non-hydrogen) atoms. The molecule has 10 heteroatoms. The summed E-state index contributed by atoms with van der Waals surface area (Å²) in [4.78, 5) is 0. The fourth-order valence-corrected chi connectivity index (χ4v) is 3.08. The van der Waals surface area contributed by atoms with Crippen LogP contribution in [0.2, 0.25) is 0 Å². The maximum atomic E-state index is 11.1. The maximum absolute atomic E-state index is 11.1. The van der Waals surface area contributed by atoms with Crippen LogP contribution in [0.3, 0.4) is 0 Å². The Bertz CT molecular complexity index is 252. The molecule has 0 atom stereocenters. The lowest BCUT2D eigenvalue weighted by atomic mass is 10.2. The van der Waals surface area contributed by atoms with Crippen LogP contribution in [0.15, 0.2) is 0 Å². The number of aliphatic hydroxyl groups excluding tert-OH is 1. The van der Waals surface area contributed by atoms with Gasteiger partial charge in [0, 0.05) is 17.3 Å². The second kappa shape index (κ2) is 20.7. The molecule has 5 nitrogen and oxygen atoms in total. The minimum atomic E-state index is -3.72. The molecule has 0 aromatic heterocycles. The molecule has 0 heterocycles. The molecule has 0 radical (unpaired) electrons. The van der Waals surface area contributed by atoms with E-state index in [-0.39, 0.29) is 6.61 Å². The van der Waals surface area contributed by atoms with Gasteiger partial charge in [-0.1, -0.05) is 57.5 Å². The van der Waals surface area contributed by atoms with Crippen molar-refractivity contribution < 1.29 is 22.3 Å². The summed E-state index contributed by atoms with van der Waals surface area (Å²) in [5, 5.41) is 10.4. The molecule has 0 spiro atoms. The van der Waals surface area contributed by atoms with Crippen molar-refractivity contribution in [2.24, 2.45) is 0 Å². The largest absolute Gasteiger partial charge is 0.507 e. The van der Waals surface area contributed by atoms with Gasteiger partial charge in [-0.3, -0.25) is 4.52 Å². The average Bonchev–Trinajstić information content (AvgIpc) is 2.55. The third-order valence-corrected chi connectivity index (χ3v) is 5.46. The zero-order valence-electron chi connectivity index (χ0n) is 12.5. The number of phosphoric acid groups is 1. The monoisotopic (exact) mass is 508 g/mol. The summed E-state index contributed by atoms with van der Waals surface area (Å²) < 4.78 is 23.8. The van der Waals surface area contributed by atoms with Gasteiger partial charge in [0.2, 0.25) is 0 Å². The number of alkyl halides is 2. The molecule has 1 N–H and O–H groups in total. The van der Waals surface area contributed by atoms with Crippen molar-refractivity contribution in [3.8, 4) is 0 Å². The van der Waals surface area contributed by atoms with E-state index in [1.54, 1.807) is 0 Å². The van der Waals surface area contributed by atoms with E-state index in [2.05, 4.69) is 40.0 Å². The molecule has 0 unspecified atom stereocenters. The Balaban J connectivity index is 0. The molecule has 0 aliphatic heterocycles. The smallest absolute Gasteiger partial charge is 0.396 e. The van der Waals surface area contributed by atoms with Crippen LogP contribution >= 0.6 is 63.4 Å². The first-order chi connectivity index (χ1) is 10.6. The summed E-state index contributed by atoms with van der Waals surface area (Å²) in [5.74, 6) is 0. The second-order valence-corrected chi connectivity index (χ2v) is 8.19. The molecule has 0 amide bonds. The molecule has 0 aromatic rings. The zero-order chi connectivity index (χ0) is 17.1. The first kappa shape index (κ1) is 25.8. The molecule has 0 aromatic carbocycles. The summed E-state index contributed by atoms with van der Waals surface area (Å²) in [6, 6.07) is 0. The predicted molar refractivity (Wildman–Crippen MR) is 99.0 cm³/mol. The van der Waals surface area contributed by atoms with Gasteiger partial charge in [-0.05, 0) is 25.7 Å². The second-order valence-electron chi connectivity index (χ2n) is 4.35. The summed E-state index contributed by atoms with van der Waals surface area (Å²) in [5.41, 5.74) is 0. The van der Waals surface area contributed by atoms with Crippen molar-refractivity contribution in [1.82, 2.24) is 0 Å². The van der Waals surface area contributed by atoms with Crippen LogP contribution in [0.1, 0.15) is 51.4 Å². The maximum Gasteiger partial charge on any atom is 0.507 e. The zero-order valence-corrected chi connectivity index (χ0v) is 18.1. The minimum absolute atomic E-state index is 0.249. The van der Waals surface area contributed by atoms with E-state index in [9.17, 15) is 4.57 Å². The summed E-state index contributed by atoms with van der Waals surface area (Å²) in [7, 11) is -3.72. The molecule has 0 saturated carbocycles. The number of aliphatic hydroxyl groups is 1. The molecular formula is C12H25Br2Cl2O5P. The topological polar surface area (TPSA) is 65.0 Å². The van der Waals surface area contributed by atoms with Gasteiger partial charge in [0.25, 0.3) is 0 Å². The van der Waals surface area contributed by atoms with Gasteiger partial charge < -0.3 is 5.11 Å². The SMILES string of the molecule is O=P(OCl)(OCl)OCCCCCCBr.OCCCCCCBr. The Morgan fingerprint density at radius 1 is 0.818 bits per heavy atom. The Labute approximate surface area is 160 Å². The van der Waals surface area contributed by atoms with E-state index in [4.69, 9.17) is 33.4 Å². The van der Waals surface area contributed by atoms with Gasteiger partial charge in [0.15, 0.2) is 0 Å². The van der Waals surface area contributed by atoms with Crippen LogP contribution in [-0.2, 0) is 17.2 Å². The van der Waals surface area contributed by atoms with Crippen LogP contribution in [0.5, 0.6) is 0 Å². The van der Waals surface area contributed by atoms with Gasteiger partial charge in [0.05, 0.1) is 30.3 Å². The third kappa shape index (κ3) is 19.7. The van der Waals surface area contributed by atoms with E-state index in [1.807, 2.05) is 0 Å². The highest BCUT2D eigenvalue weighted by Gasteiger charge is 2.26. The molecular weight excluding hydrogens is 486 g/mol. The minimum Gasteiger partial charge on any atom is -0.396 e. The van der Waals surface area contributed by atoms with Crippen LogP contribution in [0.25, 0.3) is 0 Å². The number of hydrogen-bond acceptors (Lipinski definition) is 5. The van der Waals surface area contributed by atoms with Gasteiger partial charge >= 0.3 is 7.82 Å². The molecule has 0 aliphatic rings. The van der Waals surface area contributed by atoms with Gasteiger partial charge in [-0.15, -0.1) is 0 Å². The molecule has 0 aliphatic carbocycles. The molecule has 0 saturated heterocycles. The highest BCUT2D eigenvalue weighted by atomic mass is 79.9. The molecule has 136 valence electrons. The lowest BCUT2D eigenvalue weighted by molar-refractivity contribution is 0.215. The van der Waals surface area contributed by atoms with Crippen molar-refractivity contribution in [3.63, 3.8) is 0 Å². The lowest BCUT2D eigenvalue weighted by Gasteiger charge is -2.08. The highest BCUT2D eigenvalue weighted by molar-refractivity contribution is 9.09. The van der Waals surface area contributed by atoms with Crippen LogP contribution in [0.4, 0.5) is 0 Å². The van der Waals surface area contributed by atoms with Gasteiger partial charge in [-0.25, -0.2) is 4.57 Å². The number of halogens is 4. The number of rotatable bonds is 14. The Kier molecular flexibility index (Phi) is 24.3. The van der Waals surface area contributed by atoms with Crippen molar-refractivity contribution >= 4 is 63.4 Å².